The van der Waals surface area contributed by atoms with E-state index >= 15 is 0 Å². The molecule has 0 N–H and O–H groups in total. The SMILES string of the molecule is CCCCCCCCCCCCCCCCc1n(CCCCCCCC)cc[n+]1CCCCCCCCCC. The number of hydrogen-bond donors (Lipinski definition) is 0. The second kappa shape index (κ2) is 28.7. The van der Waals surface area contributed by atoms with Crippen molar-refractivity contribution in [3.63, 3.8) is 0 Å². The number of aryl methyl sites for hydroxylation is 2. The number of nitrogens with zero attached hydrogens (tertiary/aromatic N) is 2. The Morgan fingerprint density at radius 3 is 1.23 bits per heavy atom. The Hall–Kier alpha value is -0.790. The van der Waals surface area contributed by atoms with Crippen LogP contribution < -0.4 is 4.57 Å². The van der Waals surface area contributed by atoms with E-state index in [1.165, 1.54) is 199 Å². The van der Waals surface area contributed by atoms with Crippen LogP contribution in [0.4, 0.5) is 0 Å². The van der Waals surface area contributed by atoms with Crippen LogP contribution >= 0.6 is 0 Å². The highest BCUT2D eigenvalue weighted by Crippen LogP contribution is 2.15. The number of aromatic nitrogens is 2. The molecule has 0 spiro atoms. The molecule has 0 aliphatic heterocycles. The average Bonchev–Trinajstić information content (AvgIpc) is 3.33. The van der Waals surface area contributed by atoms with Gasteiger partial charge in [0, 0.05) is 6.42 Å². The molecule has 0 aliphatic carbocycles. The average molecular weight is 546 g/mol. The summed E-state index contributed by atoms with van der Waals surface area (Å²) in [5.41, 5.74) is 0. The molecule has 2 heteroatoms. The van der Waals surface area contributed by atoms with Crippen molar-refractivity contribution in [2.24, 2.45) is 0 Å². The Morgan fingerprint density at radius 2 is 0.795 bits per heavy atom. The van der Waals surface area contributed by atoms with Crippen molar-refractivity contribution >= 4 is 0 Å². The van der Waals surface area contributed by atoms with Crippen molar-refractivity contribution in [3.05, 3.63) is 18.2 Å². The van der Waals surface area contributed by atoms with E-state index in [0.717, 1.165) is 0 Å². The van der Waals surface area contributed by atoms with Crippen molar-refractivity contribution in [1.82, 2.24) is 4.57 Å². The first kappa shape index (κ1) is 36.2. The van der Waals surface area contributed by atoms with E-state index in [-0.39, 0.29) is 0 Å². The summed E-state index contributed by atoms with van der Waals surface area (Å²) in [6.07, 6.45) is 45.9. The van der Waals surface area contributed by atoms with E-state index in [2.05, 4.69) is 42.3 Å². The first-order valence-electron chi connectivity index (χ1n) is 18.4. The van der Waals surface area contributed by atoms with Crippen LogP contribution in [-0.4, -0.2) is 4.57 Å². The third-order valence-electron chi connectivity index (χ3n) is 8.85. The zero-order valence-electron chi connectivity index (χ0n) is 27.5. The smallest absolute Gasteiger partial charge is 0.234 e. The van der Waals surface area contributed by atoms with E-state index in [1.54, 1.807) is 5.82 Å². The second-order valence-corrected chi connectivity index (χ2v) is 12.7. The Balaban J connectivity index is 2.26. The van der Waals surface area contributed by atoms with Gasteiger partial charge in [-0.1, -0.05) is 168 Å². The summed E-state index contributed by atoms with van der Waals surface area (Å²) in [6, 6.07) is 0. The molecule has 230 valence electrons. The maximum atomic E-state index is 2.62. The van der Waals surface area contributed by atoms with Gasteiger partial charge in [-0.2, -0.15) is 0 Å². The molecule has 0 saturated carbocycles. The fourth-order valence-corrected chi connectivity index (χ4v) is 6.15. The van der Waals surface area contributed by atoms with E-state index in [0.29, 0.717) is 0 Å². The topological polar surface area (TPSA) is 8.81 Å². The fraction of sp³-hybridized carbons (Fsp3) is 0.919. The summed E-state index contributed by atoms with van der Waals surface area (Å²) in [7, 11) is 0. The maximum Gasteiger partial charge on any atom is 0.256 e. The van der Waals surface area contributed by atoms with Crippen LogP contribution in [0.25, 0.3) is 0 Å². The van der Waals surface area contributed by atoms with Gasteiger partial charge in [0.05, 0.1) is 13.1 Å². The molecular formula is C37H73N2+. The number of rotatable bonds is 31. The largest absolute Gasteiger partial charge is 0.256 e. The lowest BCUT2D eigenvalue weighted by molar-refractivity contribution is -0.704. The van der Waals surface area contributed by atoms with E-state index in [4.69, 9.17) is 0 Å². The molecule has 0 atom stereocenters. The van der Waals surface area contributed by atoms with Gasteiger partial charge in [0.25, 0.3) is 5.82 Å². The van der Waals surface area contributed by atoms with Gasteiger partial charge in [0.2, 0.25) is 0 Å². The molecule has 1 heterocycles. The van der Waals surface area contributed by atoms with Crippen molar-refractivity contribution < 1.29 is 4.57 Å². The number of imidazole rings is 1. The number of hydrogen-bond acceptors (Lipinski definition) is 0. The monoisotopic (exact) mass is 546 g/mol. The summed E-state index contributed by atoms with van der Waals surface area (Å²) in [4.78, 5) is 0. The minimum absolute atomic E-state index is 1.23. The molecule has 0 unspecified atom stereocenters. The van der Waals surface area contributed by atoms with Crippen LogP contribution in [0.1, 0.15) is 206 Å². The zero-order valence-corrected chi connectivity index (χ0v) is 27.5. The van der Waals surface area contributed by atoms with Crippen LogP contribution in [0.2, 0.25) is 0 Å². The Morgan fingerprint density at radius 1 is 0.436 bits per heavy atom. The predicted octanol–water partition coefficient (Wildman–Crippen LogP) is 12.3. The zero-order chi connectivity index (χ0) is 28.1. The van der Waals surface area contributed by atoms with Crippen LogP contribution in [0.15, 0.2) is 12.4 Å². The van der Waals surface area contributed by atoms with Gasteiger partial charge in [-0.3, -0.25) is 0 Å². The summed E-state index contributed by atoms with van der Waals surface area (Å²) >= 11 is 0. The Labute approximate surface area is 247 Å². The van der Waals surface area contributed by atoms with Crippen molar-refractivity contribution in [2.45, 2.75) is 220 Å². The Kier molecular flexibility index (Phi) is 26.7. The molecule has 0 radical (unpaired) electrons. The van der Waals surface area contributed by atoms with E-state index in [9.17, 15) is 0 Å². The van der Waals surface area contributed by atoms with Gasteiger partial charge in [-0.25, -0.2) is 9.13 Å². The van der Waals surface area contributed by atoms with E-state index < -0.39 is 0 Å². The quantitative estimate of drug-likeness (QED) is 0.0648. The summed E-state index contributed by atoms with van der Waals surface area (Å²) in [6.45, 7) is 9.39. The van der Waals surface area contributed by atoms with Gasteiger partial charge < -0.3 is 0 Å². The lowest BCUT2D eigenvalue weighted by Gasteiger charge is -2.07. The second-order valence-electron chi connectivity index (χ2n) is 12.7. The minimum Gasteiger partial charge on any atom is -0.234 e. The molecule has 0 aliphatic rings. The van der Waals surface area contributed by atoms with Crippen molar-refractivity contribution in [2.75, 3.05) is 0 Å². The third kappa shape index (κ3) is 21.6. The van der Waals surface area contributed by atoms with Gasteiger partial charge in [0.15, 0.2) is 0 Å². The molecule has 1 aromatic heterocycles. The molecular weight excluding hydrogens is 472 g/mol. The van der Waals surface area contributed by atoms with Gasteiger partial charge in [0.1, 0.15) is 12.4 Å². The lowest BCUT2D eigenvalue weighted by atomic mass is 10.0. The molecule has 1 aromatic rings. The van der Waals surface area contributed by atoms with Crippen molar-refractivity contribution in [1.29, 1.82) is 0 Å². The molecule has 0 aromatic carbocycles. The van der Waals surface area contributed by atoms with Crippen LogP contribution in [0, 0.1) is 0 Å². The van der Waals surface area contributed by atoms with Crippen LogP contribution in [0.3, 0.4) is 0 Å². The highest BCUT2D eigenvalue weighted by atomic mass is 15.1. The Bertz CT molecular complexity index is 605. The standard InChI is InChI=1S/C37H73N2/c1-4-7-10-13-16-18-19-20-21-22-23-24-26-29-32-37-38(33-30-27-15-12-9-6-3)35-36-39(37)34-31-28-25-17-14-11-8-5-2/h35-36H,4-34H2,1-3H3/q+1. The summed E-state index contributed by atoms with van der Waals surface area (Å²) in [5, 5.41) is 0. The van der Waals surface area contributed by atoms with E-state index in [1.807, 2.05) is 0 Å². The third-order valence-corrected chi connectivity index (χ3v) is 8.85. The summed E-state index contributed by atoms with van der Waals surface area (Å²) in [5.74, 6) is 1.62. The molecule has 39 heavy (non-hydrogen) atoms. The summed E-state index contributed by atoms with van der Waals surface area (Å²) < 4.78 is 5.24. The first-order chi connectivity index (χ1) is 19.3. The molecule has 2 nitrogen and oxygen atoms in total. The molecule has 0 amide bonds. The molecule has 0 bridgehead atoms. The number of unbranched alkanes of at least 4 members (excludes halogenated alkanes) is 25. The van der Waals surface area contributed by atoms with Gasteiger partial charge in [-0.05, 0) is 32.1 Å². The first-order valence-corrected chi connectivity index (χ1v) is 18.4. The van der Waals surface area contributed by atoms with Gasteiger partial charge >= 0.3 is 0 Å². The molecule has 1 rings (SSSR count). The van der Waals surface area contributed by atoms with Crippen LogP contribution in [-0.2, 0) is 19.5 Å². The molecule has 0 saturated heterocycles. The highest BCUT2D eigenvalue weighted by molar-refractivity contribution is 4.84. The van der Waals surface area contributed by atoms with Crippen LogP contribution in [0.5, 0.6) is 0 Å². The lowest BCUT2D eigenvalue weighted by Crippen LogP contribution is -2.37. The minimum atomic E-state index is 1.23. The normalized spacial score (nSPS) is 11.6. The maximum absolute atomic E-state index is 2.62. The fourth-order valence-electron chi connectivity index (χ4n) is 6.15. The highest BCUT2D eigenvalue weighted by Gasteiger charge is 2.16. The molecule has 0 fully saturated rings. The van der Waals surface area contributed by atoms with Gasteiger partial charge in [-0.15, -0.1) is 0 Å². The predicted molar refractivity (Wildman–Crippen MR) is 175 cm³/mol. The van der Waals surface area contributed by atoms with Crippen molar-refractivity contribution in [3.8, 4) is 0 Å².